The van der Waals surface area contributed by atoms with Crippen molar-refractivity contribution in [1.29, 1.82) is 0 Å². The second-order valence-corrected chi connectivity index (χ2v) is 6.07. The second-order valence-electron chi connectivity index (χ2n) is 6.07. The van der Waals surface area contributed by atoms with E-state index in [4.69, 9.17) is 4.74 Å². The lowest BCUT2D eigenvalue weighted by molar-refractivity contribution is 0.0216. The monoisotopic (exact) mass is 281 g/mol. The smallest absolute Gasteiger partial charge is 0.410 e. The highest BCUT2D eigenvalue weighted by Gasteiger charge is 2.38. The first-order valence-electron chi connectivity index (χ1n) is 6.69. The number of phenolic OH excluding ortho intramolecular Hbond substituents is 1. The number of likely N-dealkylation sites (tertiary alicyclic amines) is 1. The lowest BCUT2D eigenvalue weighted by Gasteiger charge is -2.28. The molecule has 1 heterocycles. The van der Waals surface area contributed by atoms with Gasteiger partial charge in [0.1, 0.15) is 17.5 Å². The Bertz CT molecular complexity index is 481. The summed E-state index contributed by atoms with van der Waals surface area (Å²) >= 11 is 0. The first-order valence-corrected chi connectivity index (χ1v) is 6.69. The van der Waals surface area contributed by atoms with Gasteiger partial charge in [-0.05, 0) is 38.5 Å². The molecule has 1 amide bonds. The van der Waals surface area contributed by atoms with Crippen molar-refractivity contribution in [3.8, 4) is 5.75 Å². The summed E-state index contributed by atoms with van der Waals surface area (Å²) in [5.41, 5.74) is 0.194. The van der Waals surface area contributed by atoms with Gasteiger partial charge in [0, 0.05) is 6.42 Å². The van der Waals surface area contributed by atoms with Gasteiger partial charge in [0.05, 0.1) is 12.6 Å². The van der Waals surface area contributed by atoms with Crippen molar-refractivity contribution in [2.75, 3.05) is 6.54 Å². The van der Waals surface area contributed by atoms with E-state index in [-0.39, 0.29) is 24.8 Å². The first kappa shape index (κ1) is 14.6. The van der Waals surface area contributed by atoms with Crippen LogP contribution in [0.3, 0.4) is 0 Å². The summed E-state index contributed by atoms with van der Waals surface area (Å²) < 4.78 is 19.0. The van der Waals surface area contributed by atoms with Crippen LogP contribution in [0, 0.1) is 0 Å². The van der Waals surface area contributed by atoms with Crippen LogP contribution in [0.1, 0.15) is 38.8 Å². The highest BCUT2D eigenvalue weighted by molar-refractivity contribution is 5.69. The fourth-order valence-corrected chi connectivity index (χ4v) is 2.32. The van der Waals surface area contributed by atoms with Gasteiger partial charge in [-0.3, -0.25) is 4.90 Å². The topological polar surface area (TPSA) is 49.8 Å². The molecule has 4 nitrogen and oxygen atoms in total. The zero-order valence-electron chi connectivity index (χ0n) is 12.0. The summed E-state index contributed by atoms with van der Waals surface area (Å²) in [6.07, 6.45) is -1.30. The Morgan fingerprint density at radius 3 is 2.50 bits per heavy atom. The van der Waals surface area contributed by atoms with Gasteiger partial charge in [0.15, 0.2) is 0 Å². The Morgan fingerprint density at radius 1 is 1.35 bits per heavy atom. The molecule has 1 saturated heterocycles. The third kappa shape index (κ3) is 3.40. The van der Waals surface area contributed by atoms with E-state index in [1.807, 2.05) is 0 Å². The maximum atomic E-state index is 13.7. The van der Waals surface area contributed by atoms with E-state index in [1.54, 1.807) is 32.9 Å². The molecule has 1 aliphatic rings. The van der Waals surface area contributed by atoms with E-state index in [1.165, 1.54) is 17.0 Å². The summed E-state index contributed by atoms with van der Waals surface area (Å²) in [7, 11) is 0. The van der Waals surface area contributed by atoms with Crippen LogP contribution in [-0.4, -0.2) is 34.4 Å². The average Bonchev–Trinajstić information content (AvgIpc) is 2.70. The molecule has 2 unspecified atom stereocenters. The van der Waals surface area contributed by atoms with Crippen LogP contribution in [-0.2, 0) is 4.74 Å². The highest BCUT2D eigenvalue weighted by Crippen LogP contribution is 2.35. The molecule has 0 spiro atoms. The van der Waals surface area contributed by atoms with E-state index in [0.29, 0.717) is 0 Å². The molecule has 1 N–H and O–H groups in total. The van der Waals surface area contributed by atoms with E-state index in [2.05, 4.69) is 0 Å². The number of halogens is 1. The van der Waals surface area contributed by atoms with Gasteiger partial charge >= 0.3 is 6.09 Å². The Hall–Kier alpha value is -1.78. The first-order chi connectivity index (χ1) is 9.26. The quantitative estimate of drug-likeness (QED) is 0.858. The number of nitrogens with zero attached hydrogens (tertiary/aromatic N) is 1. The van der Waals surface area contributed by atoms with Gasteiger partial charge in [0.25, 0.3) is 0 Å². The van der Waals surface area contributed by atoms with Crippen molar-refractivity contribution >= 4 is 6.09 Å². The summed E-state index contributed by atoms with van der Waals surface area (Å²) in [4.78, 5) is 13.6. The van der Waals surface area contributed by atoms with Crippen molar-refractivity contribution < 1.29 is 19.0 Å². The van der Waals surface area contributed by atoms with Crippen LogP contribution >= 0.6 is 0 Å². The normalized spacial score (nSPS) is 22.9. The average molecular weight is 281 g/mol. The Kier molecular flexibility index (Phi) is 3.88. The predicted molar refractivity (Wildman–Crippen MR) is 73.3 cm³/mol. The Morgan fingerprint density at radius 2 is 1.95 bits per heavy atom. The van der Waals surface area contributed by atoms with E-state index >= 15 is 0 Å². The van der Waals surface area contributed by atoms with Gasteiger partial charge in [-0.15, -0.1) is 0 Å². The fraction of sp³-hybridized carbons (Fsp3) is 0.533. The summed E-state index contributed by atoms with van der Waals surface area (Å²) in [6, 6.07) is 6.13. The molecule has 0 aromatic heterocycles. The number of hydrogen-bond donors (Lipinski definition) is 1. The number of aromatic hydroxyl groups is 1. The molecule has 0 aliphatic carbocycles. The molecule has 0 radical (unpaired) electrons. The second kappa shape index (κ2) is 5.31. The van der Waals surface area contributed by atoms with Crippen LogP contribution < -0.4 is 0 Å². The standard InChI is InChI=1S/C15H20FNO3/c1-15(2,3)20-14(19)17-9-11(16)8-13(17)10-4-6-12(18)7-5-10/h4-7,11,13,18H,8-9H2,1-3H3. The molecule has 1 fully saturated rings. The highest BCUT2D eigenvalue weighted by atomic mass is 19.1. The molecule has 5 heteroatoms. The third-order valence-corrected chi connectivity index (χ3v) is 3.16. The molecule has 0 bridgehead atoms. The molecule has 1 aromatic rings. The van der Waals surface area contributed by atoms with E-state index < -0.39 is 17.9 Å². The van der Waals surface area contributed by atoms with Gasteiger partial charge < -0.3 is 9.84 Å². The molecular formula is C15H20FNO3. The number of phenols is 1. The fourth-order valence-electron chi connectivity index (χ4n) is 2.32. The molecule has 2 atom stereocenters. The SMILES string of the molecule is CC(C)(C)OC(=O)N1CC(F)CC1c1ccc(O)cc1. The summed E-state index contributed by atoms with van der Waals surface area (Å²) in [6.45, 7) is 5.39. The minimum atomic E-state index is -1.05. The molecule has 1 aromatic carbocycles. The van der Waals surface area contributed by atoms with Gasteiger partial charge in [-0.2, -0.15) is 0 Å². The van der Waals surface area contributed by atoms with Crippen LogP contribution in [0.15, 0.2) is 24.3 Å². The largest absolute Gasteiger partial charge is 0.508 e. The number of rotatable bonds is 1. The van der Waals surface area contributed by atoms with Crippen LogP contribution in [0.4, 0.5) is 9.18 Å². The molecule has 0 saturated carbocycles. The maximum Gasteiger partial charge on any atom is 0.410 e. The van der Waals surface area contributed by atoms with E-state index in [9.17, 15) is 14.3 Å². The molecule has 20 heavy (non-hydrogen) atoms. The zero-order valence-corrected chi connectivity index (χ0v) is 12.0. The van der Waals surface area contributed by atoms with E-state index in [0.717, 1.165) is 5.56 Å². The molecule has 1 aliphatic heterocycles. The number of amides is 1. The molecule has 2 rings (SSSR count). The number of hydrogen-bond acceptors (Lipinski definition) is 3. The Balaban J connectivity index is 2.18. The number of benzene rings is 1. The lowest BCUT2D eigenvalue weighted by atomic mass is 10.0. The van der Waals surface area contributed by atoms with Gasteiger partial charge in [0.2, 0.25) is 0 Å². The summed E-state index contributed by atoms with van der Waals surface area (Å²) in [5.74, 6) is 0.146. The maximum absolute atomic E-state index is 13.7. The van der Waals surface area contributed by atoms with Crippen molar-refractivity contribution in [2.45, 2.75) is 45.0 Å². The van der Waals surface area contributed by atoms with Crippen LogP contribution in [0.25, 0.3) is 0 Å². The number of carbonyl (C=O) groups excluding carboxylic acids is 1. The van der Waals surface area contributed by atoms with Crippen LogP contribution in [0.2, 0.25) is 0 Å². The minimum Gasteiger partial charge on any atom is -0.508 e. The van der Waals surface area contributed by atoms with Gasteiger partial charge in [-0.25, -0.2) is 9.18 Å². The van der Waals surface area contributed by atoms with Crippen molar-refractivity contribution in [2.24, 2.45) is 0 Å². The number of carbonyl (C=O) groups is 1. The number of alkyl halides is 1. The third-order valence-electron chi connectivity index (χ3n) is 3.16. The number of ether oxygens (including phenoxy) is 1. The zero-order chi connectivity index (χ0) is 14.9. The lowest BCUT2D eigenvalue weighted by Crippen LogP contribution is -2.36. The molecule has 110 valence electrons. The van der Waals surface area contributed by atoms with Crippen molar-refractivity contribution in [3.63, 3.8) is 0 Å². The Labute approximate surface area is 118 Å². The molecular weight excluding hydrogens is 261 g/mol. The predicted octanol–water partition coefficient (Wildman–Crippen LogP) is 3.41. The van der Waals surface area contributed by atoms with Crippen LogP contribution in [0.5, 0.6) is 5.75 Å². The summed E-state index contributed by atoms with van der Waals surface area (Å²) in [5, 5.41) is 9.30. The minimum absolute atomic E-state index is 0.0421. The van der Waals surface area contributed by atoms with Gasteiger partial charge in [-0.1, -0.05) is 12.1 Å². The van der Waals surface area contributed by atoms with Crippen molar-refractivity contribution in [1.82, 2.24) is 4.90 Å². The van der Waals surface area contributed by atoms with Crippen molar-refractivity contribution in [3.05, 3.63) is 29.8 Å².